The Bertz CT molecular complexity index is 740. The maximum Gasteiger partial charge on any atom is 0.303 e. The van der Waals surface area contributed by atoms with Gasteiger partial charge in [-0.05, 0) is 42.6 Å². The van der Waals surface area contributed by atoms with E-state index in [9.17, 15) is 9.59 Å². The van der Waals surface area contributed by atoms with Crippen molar-refractivity contribution in [1.29, 1.82) is 0 Å². The van der Waals surface area contributed by atoms with Gasteiger partial charge < -0.3 is 5.11 Å². The third-order valence-electron chi connectivity index (χ3n) is 4.89. The highest BCUT2D eigenvalue weighted by atomic mass is 16.4. The SMILES string of the molecule is O=C(O)CCC1CCCN1CCC(=O)c1ccc2ccccc2c1. The van der Waals surface area contributed by atoms with E-state index in [0.717, 1.165) is 42.3 Å². The first kappa shape index (κ1) is 16.7. The lowest BCUT2D eigenvalue weighted by atomic mass is 10.0. The molecule has 1 N–H and O–H groups in total. The molecular weight excluding hydrogens is 302 g/mol. The molecule has 0 aromatic heterocycles. The van der Waals surface area contributed by atoms with Gasteiger partial charge in [0, 0.05) is 31.0 Å². The molecule has 1 saturated heterocycles. The van der Waals surface area contributed by atoms with Crippen molar-refractivity contribution in [1.82, 2.24) is 4.90 Å². The summed E-state index contributed by atoms with van der Waals surface area (Å²) in [6.07, 6.45) is 3.51. The van der Waals surface area contributed by atoms with E-state index >= 15 is 0 Å². The van der Waals surface area contributed by atoms with Gasteiger partial charge in [0.05, 0.1) is 0 Å². The Kier molecular flexibility index (Phi) is 5.26. The van der Waals surface area contributed by atoms with Crippen LogP contribution in [0.3, 0.4) is 0 Å². The summed E-state index contributed by atoms with van der Waals surface area (Å²) in [6.45, 7) is 1.69. The van der Waals surface area contributed by atoms with Crippen LogP contribution in [0.25, 0.3) is 10.8 Å². The van der Waals surface area contributed by atoms with E-state index < -0.39 is 5.97 Å². The zero-order valence-corrected chi connectivity index (χ0v) is 13.8. The van der Waals surface area contributed by atoms with Crippen LogP contribution in [-0.4, -0.2) is 40.9 Å². The molecule has 1 atom stereocenters. The van der Waals surface area contributed by atoms with E-state index in [1.807, 2.05) is 42.5 Å². The van der Waals surface area contributed by atoms with Gasteiger partial charge in [-0.2, -0.15) is 0 Å². The van der Waals surface area contributed by atoms with E-state index in [0.29, 0.717) is 18.9 Å². The average molecular weight is 325 g/mol. The quantitative estimate of drug-likeness (QED) is 0.788. The Morgan fingerprint density at radius 1 is 1.08 bits per heavy atom. The van der Waals surface area contributed by atoms with Crippen molar-refractivity contribution >= 4 is 22.5 Å². The summed E-state index contributed by atoms with van der Waals surface area (Å²) in [5.41, 5.74) is 0.759. The molecule has 0 bridgehead atoms. The number of hydrogen-bond acceptors (Lipinski definition) is 3. The molecule has 0 amide bonds. The number of likely N-dealkylation sites (tertiary alicyclic amines) is 1. The maximum atomic E-state index is 12.5. The highest BCUT2D eigenvalue weighted by molar-refractivity contribution is 6.00. The van der Waals surface area contributed by atoms with Gasteiger partial charge in [0.25, 0.3) is 0 Å². The summed E-state index contributed by atoms with van der Waals surface area (Å²) >= 11 is 0. The zero-order chi connectivity index (χ0) is 16.9. The van der Waals surface area contributed by atoms with Crippen molar-refractivity contribution in [2.24, 2.45) is 0 Å². The highest BCUT2D eigenvalue weighted by Gasteiger charge is 2.25. The fourth-order valence-corrected chi connectivity index (χ4v) is 3.56. The number of rotatable bonds is 7. The van der Waals surface area contributed by atoms with Crippen molar-refractivity contribution in [2.45, 2.75) is 38.1 Å². The number of carbonyl (C=O) groups excluding carboxylic acids is 1. The van der Waals surface area contributed by atoms with Crippen LogP contribution in [0.4, 0.5) is 0 Å². The molecule has 1 heterocycles. The zero-order valence-electron chi connectivity index (χ0n) is 13.8. The molecule has 4 nitrogen and oxygen atoms in total. The number of nitrogens with zero attached hydrogens (tertiary/aromatic N) is 1. The van der Waals surface area contributed by atoms with Crippen LogP contribution >= 0.6 is 0 Å². The normalized spacial score (nSPS) is 18.1. The van der Waals surface area contributed by atoms with Gasteiger partial charge in [0.2, 0.25) is 0 Å². The number of hydrogen-bond donors (Lipinski definition) is 1. The Morgan fingerprint density at radius 2 is 1.88 bits per heavy atom. The molecule has 2 aromatic rings. The predicted octanol–water partition coefficient (Wildman–Crippen LogP) is 3.74. The van der Waals surface area contributed by atoms with E-state index in [-0.39, 0.29) is 12.2 Å². The second-order valence-electron chi connectivity index (χ2n) is 6.50. The molecule has 1 aliphatic rings. The van der Waals surface area contributed by atoms with Crippen molar-refractivity contribution in [3.05, 3.63) is 48.0 Å². The van der Waals surface area contributed by atoms with Gasteiger partial charge in [-0.1, -0.05) is 36.4 Å². The Labute approximate surface area is 142 Å². The Morgan fingerprint density at radius 3 is 2.67 bits per heavy atom. The number of carboxylic acids is 1. The Balaban J connectivity index is 1.58. The number of carboxylic acid groups (broad SMARTS) is 1. The Hall–Kier alpha value is -2.20. The first-order valence-corrected chi connectivity index (χ1v) is 8.61. The van der Waals surface area contributed by atoms with Crippen LogP contribution in [0.1, 0.15) is 42.5 Å². The van der Waals surface area contributed by atoms with Crippen LogP contribution < -0.4 is 0 Å². The molecule has 3 rings (SSSR count). The van der Waals surface area contributed by atoms with E-state index in [1.54, 1.807) is 0 Å². The predicted molar refractivity (Wildman–Crippen MR) is 94.4 cm³/mol. The molecule has 1 aliphatic heterocycles. The fourth-order valence-electron chi connectivity index (χ4n) is 3.56. The van der Waals surface area contributed by atoms with E-state index in [1.165, 1.54) is 0 Å². The van der Waals surface area contributed by atoms with Gasteiger partial charge in [-0.15, -0.1) is 0 Å². The molecule has 1 unspecified atom stereocenters. The smallest absolute Gasteiger partial charge is 0.303 e. The molecule has 126 valence electrons. The molecule has 0 radical (unpaired) electrons. The van der Waals surface area contributed by atoms with E-state index in [2.05, 4.69) is 4.90 Å². The lowest BCUT2D eigenvalue weighted by Crippen LogP contribution is -2.32. The lowest BCUT2D eigenvalue weighted by molar-refractivity contribution is -0.137. The molecule has 1 fully saturated rings. The van der Waals surface area contributed by atoms with Crippen molar-refractivity contribution < 1.29 is 14.7 Å². The standard InChI is InChI=1S/C20H23NO3/c22-19(17-8-7-15-4-1-2-5-16(15)14-17)11-13-21-12-3-6-18(21)9-10-20(23)24/h1-2,4-5,7-8,14,18H,3,6,9-13H2,(H,23,24). The third-order valence-corrected chi connectivity index (χ3v) is 4.89. The minimum Gasteiger partial charge on any atom is -0.481 e. The molecule has 0 saturated carbocycles. The van der Waals surface area contributed by atoms with Crippen molar-refractivity contribution in [2.75, 3.05) is 13.1 Å². The van der Waals surface area contributed by atoms with Crippen LogP contribution in [0, 0.1) is 0 Å². The van der Waals surface area contributed by atoms with Gasteiger partial charge in [0.1, 0.15) is 0 Å². The first-order valence-electron chi connectivity index (χ1n) is 8.61. The highest BCUT2D eigenvalue weighted by Crippen LogP contribution is 2.22. The van der Waals surface area contributed by atoms with Crippen molar-refractivity contribution in [3.63, 3.8) is 0 Å². The number of fused-ring (bicyclic) bond motifs is 1. The monoisotopic (exact) mass is 325 g/mol. The number of Topliss-reactive ketones (excluding diaryl/α,β-unsaturated/α-hetero) is 1. The van der Waals surface area contributed by atoms with Gasteiger partial charge in [-0.25, -0.2) is 0 Å². The number of ketones is 1. The number of aliphatic carboxylic acids is 1. The summed E-state index contributed by atoms with van der Waals surface area (Å²) in [6, 6.07) is 14.2. The second-order valence-corrected chi connectivity index (χ2v) is 6.50. The fraction of sp³-hybridized carbons (Fsp3) is 0.400. The summed E-state index contributed by atoms with van der Waals surface area (Å²) in [5, 5.41) is 11.1. The maximum absolute atomic E-state index is 12.5. The molecule has 4 heteroatoms. The first-order chi connectivity index (χ1) is 11.6. The molecule has 0 aliphatic carbocycles. The van der Waals surface area contributed by atoms with Crippen LogP contribution in [-0.2, 0) is 4.79 Å². The molecule has 24 heavy (non-hydrogen) atoms. The number of carbonyl (C=O) groups is 2. The summed E-state index contributed by atoms with van der Waals surface area (Å²) < 4.78 is 0. The molecular formula is C20H23NO3. The molecule has 2 aromatic carbocycles. The summed E-state index contributed by atoms with van der Waals surface area (Å²) in [5.74, 6) is -0.585. The third kappa shape index (κ3) is 4.01. The van der Waals surface area contributed by atoms with Crippen LogP contribution in [0.2, 0.25) is 0 Å². The summed E-state index contributed by atoms with van der Waals surface area (Å²) in [7, 11) is 0. The summed E-state index contributed by atoms with van der Waals surface area (Å²) in [4.78, 5) is 25.5. The topological polar surface area (TPSA) is 57.6 Å². The van der Waals surface area contributed by atoms with E-state index in [4.69, 9.17) is 5.11 Å². The average Bonchev–Trinajstić information content (AvgIpc) is 3.04. The largest absolute Gasteiger partial charge is 0.481 e. The minimum absolute atomic E-state index is 0.157. The minimum atomic E-state index is -0.742. The van der Waals surface area contributed by atoms with Gasteiger partial charge in [-0.3, -0.25) is 14.5 Å². The molecule has 0 spiro atoms. The lowest BCUT2D eigenvalue weighted by Gasteiger charge is -2.23. The van der Waals surface area contributed by atoms with Crippen LogP contribution in [0.5, 0.6) is 0 Å². The van der Waals surface area contributed by atoms with Crippen molar-refractivity contribution in [3.8, 4) is 0 Å². The second kappa shape index (κ2) is 7.58. The van der Waals surface area contributed by atoms with Gasteiger partial charge in [0.15, 0.2) is 5.78 Å². The van der Waals surface area contributed by atoms with Gasteiger partial charge >= 0.3 is 5.97 Å². The number of benzene rings is 2. The van der Waals surface area contributed by atoms with Crippen LogP contribution in [0.15, 0.2) is 42.5 Å².